The molecule has 10 heteroatoms. The maximum absolute atomic E-state index is 12.7. The second kappa shape index (κ2) is 4.90. The Hall–Kier alpha value is -1.32. The molecule has 2 atom stereocenters. The van der Waals surface area contributed by atoms with E-state index in [-0.39, 0.29) is 0 Å². The maximum atomic E-state index is 12.7. The predicted octanol–water partition coefficient (Wildman–Crippen LogP) is 3.26. The number of esters is 1. The molecule has 0 aliphatic carbocycles. The summed E-state index contributed by atoms with van der Waals surface area (Å²) in [4.78, 5) is 10.8. The van der Waals surface area contributed by atoms with E-state index in [1.54, 1.807) is 0 Å². The third-order valence-electron chi connectivity index (χ3n) is 2.75. The summed E-state index contributed by atoms with van der Waals surface area (Å²) >= 11 is 0. The average Bonchev–Trinajstić information content (AvgIpc) is 2.55. The Kier molecular flexibility index (Phi) is 4.10. The molecule has 0 N–H and O–H groups in total. The molecule has 1 rings (SSSR count). The Morgan fingerprint density at radius 1 is 1.25 bits per heavy atom. The van der Waals surface area contributed by atoms with Crippen LogP contribution in [0, 0.1) is 5.92 Å². The first-order chi connectivity index (χ1) is 8.82. The number of rotatable bonds is 2. The third kappa shape index (κ3) is 2.74. The van der Waals surface area contributed by atoms with Crippen molar-refractivity contribution in [1.82, 2.24) is 0 Å². The van der Waals surface area contributed by atoms with Crippen molar-refractivity contribution >= 4 is 5.97 Å². The average molecular weight is 310 g/mol. The number of alkyl halides is 6. The first-order valence-electron chi connectivity index (χ1n) is 5.18. The standard InChI is InChI=1S/C10H9F7O3/c1-4-3-8(9(12,13)14,10(15,16)17)20-7(4)19-6(18)5(2)11/h4,7H,2-3H2,1H3. The second-order valence-corrected chi connectivity index (χ2v) is 4.30. The SMILES string of the molecule is C=C(F)C(=O)OC1OC(C(F)(F)F)(C(F)(F)F)CC1C. The molecule has 20 heavy (non-hydrogen) atoms. The highest BCUT2D eigenvalue weighted by Gasteiger charge is 2.76. The Bertz CT molecular complexity index is 398. The van der Waals surface area contributed by atoms with Crippen LogP contribution in [-0.2, 0) is 14.3 Å². The molecule has 0 spiro atoms. The van der Waals surface area contributed by atoms with Crippen LogP contribution < -0.4 is 0 Å². The molecule has 0 saturated carbocycles. The van der Waals surface area contributed by atoms with Crippen molar-refractivity contribution in [2.75, 3.05) is 0 Å². The van der Waals surface area contributed by atoms with Gasteiger partial charge in [-0.25, -0.2) is 4.79 Å². The van der Waals surface area contributed by atoms with Crippen LogP contribution in [0.4, 0.5) is 30.7 Å². The third-order valence-corrected chi connectivity index (χ3v) is 2.75. The van der Waals surface area contributed by atoms with Crippen LogP contribution >= 0.6 is 0 Å². The number of carbonyl (C=O) groups is 1. The molecule has 1 fully saturated rings. The summed E-state index contributed by atoms with van der Waals surface area (Å²) in [6, 6.07) is 0. The van der Waals surface area contributed by atoms with Crippen molar-refractivity contribution in [2.45, 2.75) is 37.6 Å². The maximum Gasteiger partial charge on any atom is 0.426 e. The zero-order valence-electron chi connectivity index (χ0n) is 9.94. The van der Waals surface area contributed by atoms with Crippen LogP contribution in [0.3, 0.4) is 0 Å². The molecule has 1 aliphatic rings. The predicted molar refractivity (Wildman–Crippen MR) is 49.8 cm³/mol. The van der Waals surface area contributed by atoms with E-state index >= 15 is 0 Å². The summed E-state index contributed by atoms with van der Waals surface area (Å²) < 4.78 is 96.4. The molecule has 0 aromatic rings. The van der Waals surface area contributed by atoms with Crippen molar-refractivity contribution in [3.8, 4) is 0 Å². The van der Waals surface area contributed by atoms with Crippen molar-refractivity contribution in [3.63, 3.8) is 0 Å². The summed E-state index contributed by atoms with van der Waals surface area (Å²) in [6.07, 6.45) is -15.2. The number of hydrogen-bond acceptors (Lipinski definition) is 3. The normalized spacial score (nSPS) is 26.4. The van der Waals surface area contributed by atoms with Crippen molar-refractivity contribution < 1.29 is 45.0 Å². The smallest absolute Gasteiger partial charge is 0.426 e. The lowest BCUT2D eigenvalue weighted by Crippen LogP contribution is -2.57. The summed E-state index contributed by atoms with van der Waals surface area (Å²) in [6.45, 7) is 3.47. The fraction of sp³-hybridized carbons (Fsp3) is 0.700. The van der Waals surface area contributed by atoms with Crippen molar-refractivity contribution in [2.24, 2.45) is 5.92 Å². The highest BCUT2D eigenvalue weighted by atomic mass is 19.4. The lowest BCUT2D eigenvalue weighted by atomic mass is 9.93. The lowest BCUT2D eigenvalue weighted by Gasteiger charge is -2.32. The van der Waals surface area contributed by atoms with Crippen LogP contribution in [0.2, 0.25) is 0 Å². The van der Waals surface area contributed by atoms with Gasteiger partial charge >= 0.3 is 18.3 Å². The first-order valence-corrected chi connectivity index (χ1v) is 5.18. The molecule has 116 valence electrons. The molecule has 3 nitrogen and oxygen atoms in total. The highest BCUT2D eigenvalue weighted by Crippen LogP contribution is 2.54. The molecule has 1 heterocycles. The topological polar surface area (TPSA) is 35.5 Å². The van der Waals surface area contributed by atoms with Crippen LogP contribution in [-0.4, -0.2) is 30.2 Å². The largest absolute Gasteiger partial charge is 0.430 e. The molecule has 0 amide bonds. The van der Waals surface area contributed by atoms with Gasteiger partial charge in [-0.3, -0.25) is 0 Å². The Labute approximate surface area is 108 Å². The van der Waals surface area contributed by atoms with Crippen LogP contribution in [0.15, 0.2) is 12.4 Å². The van der Waals surface area contributed by atoms with E-state index in [0.29, 0.717) is 0 Å². The van der Waals surface area contributed by atoms with Gasteiger partial charge in [-0.1, -0.05) is 13.5 Å². The lowest BCUT2D eigenvalue weighted by molar-refractivity contribution is -0.385. The molecule has 1 saturated heterocycles. The van der Waals surface area contributed by atoms with Gasteiger partial charge in [0, 0.05) is 12.3 Å². The van der Waals surface area contributed by atoms with Gasteiger partial charge in [0.15, 0.2) is 0 Å². The van der Waals surface area contributed by atoms with Crippen molar-refractivity contribution in [3.05, 3.63) is 12.4 Å². The van der Waals surface area contributed by atoms with Gasteiger partial charge in [-0.05, 0) is 0 Å². The van der Waals surface area contributed by atoms with E-state index in [4.69, 9.17) is 0 Å². The summed E-state index contributed by atoms with van der Waals surface area (Å²) in [5.41, 5.74) is -4.44. The van der Waals surface area contributed by atoms with Gasteiger partial charge in [0.2, 0.25) is 12.1 Å². The zero-order valence-corrected chi connectivity index (χ0v) is 9.94. The molecule has 2 unspecified atom stereocenters. The number of halogens is 7. The Balaban J connectivity index is 3.05. The van der Waals surface area contributed by atoms with Gasteiger partial charge in [0.25, 0.3) is 5.60 Å². The molecule has 0 bridgehead atoms. The Morgan fingerprint density at radius 3 is 2.00 bits per heavy atom. The molecule has 0 aromatic carbocycles. The van der Waals surface area contributed by atoms with Gasteiger partial charge < -0.3 is 9.47 Å². The summed E-state index contributed by atoms with van der Waals surface area (Å²) in [7, 11) is 0. The molecular formula is C10H9F7O3. The molecule has 0 aromatic heterocycles. The fourth-order valence-electron chi connectivity index (χ4n) is 1.75. The quantitative estimate of drug-likeness (QED) is 0.446. The monoisotopic (exact) mass is 310 g/mol. The number of carbonyl (C=O) groups excluding carboxylic acids is 1. The van der Waals surface area contributed by atoms with Crippen LogP contribution in [0.5, 0.6) is 0 Å². The van der Waals surface area contributed by atoms with Gasteiger partial charge in [0.1, 0.15) is 0 Å². The minimum atomic E-state index is -5.76. The van der Waals surface area contributed by atoms with Crippen LogP contribution in [0.1, 0.15) is 13.3 Å². The summed E-state index contributed by atoms with van der Waals surface area (Å²) in [5, 5.41) is 0. The zero-order chi connectivity index (χ0) is 15.9. The van der Waals surface area contributed by atoms with E-state index in [2.05, 4.69) is 16.1 Å². The first kappa shape index (κ1) is 16.7. The number of hydrogen-bond donors (Lipinski definition) is 0. The highest BCUT2D eigenvalue weighted by molar-refractivity contribution is 5.85. The molecule has 0 radical (unpaired) electrons. The molecule has 1 aliphatic heterocycles. The van der Waals surface area contributed by atoms with E-state index < -0.39 is 48.4 Å². The van der Waals surface area contributed by atoms with Crippen LogP contribution in [0.25, 0.3) is 0 Å². The van der Waals surface area contributed by atoms with E-state index in [9.17, 15) is 35.5 Å². The second-order valence-electron chi connectivity index (χ2n) is 4.30. The minimum Gasteiger partial charge on any atom is -0.430 e. The molecular weight excluding hydrogens is 301 g/mol. The summed E-state index contributed by atoms with van der Waals surface area (Å²) in [5.74, 6) is -4.86. The van der Waals surface area contributed by atoms with E-state index in [0.717, 1.165) is 6.92 Å². The number of ether oxygens (including phenoxy) is 2. The van der Waals surface area contributed by atoms with E-state index in [1.807, 2.05) is 0 Å². The van der Waals surface area contributed by atoms with Gasteiger partial charge in [-0.15, -0.1) is 0 Å². The van der Waals surface area contributed by atoms with Gasteiger partial charge in [0.05, 0.1) is 0 Å². The van der Waals surface area contributed by atoms with E-state index in [1.165, 1.54) is 0 Å². The van der Waals surface area contributed by atoms with Crippen molar-refractivity contribution in [1.29, 1.82) is 0 Å². The fourth-order valence-corrected chi connectivity index (χ4v) is 1.75. The van der Waals surface area contributed by atoms with Gasteiger partial charge in [-0.2, -0.15) is 30.7 Å². The Morgan fingerprint density at radius 2 is 1.70 bits per heavy atom. The minimum absolute atomic E-state index is 0.957.